The first-order valence-electron chi connectivity index (χ1n) is 5.21. The van der Waals surface area contributed by atoms with E-state index in [9.17, 15) is 4.79 Å². The molecule has 15 heavy (non-hydrogen) atoms. The van der Waals surface area contributed by atoms with Crippen LogP contribution < -0.4 is 17.0 Å². The van der Waals surface area contributed by atoms with Gasteiger partial charge in [0.2, 0.25) is 0 Å². The van der Waals surface area contributed by atoms with Gasteiger partial charge in [0.1, 0.15) is 13.3 Å². The van der Waals surface area contributed by atoms with E-state index in [2.05, 4.69) is 22.9 Å². The van der Waals surface area contributed by atoms with Crippen molar-refractivity contribution in [3.63, 3.8) is 0 Å². The molecule has 1 rings (SSSR count). The summed E-state index contributed by atoms with van der Waals surface area (Å²) >= 11 is 0. The Labute approximate surface area is 97.7 Å². The first-order chi connectivity index (χ1) is 6.83. The molecule has 0 atom stereocenters. The number of aldehydes is 1. The van der Waals surface area contributed by atoms with E-state index < -0.39 is 0 Å². The monoisotopic (exact) mass is 227 g/mol. The highest BCUT2D eigenvalue weighted by Crippen LogP contribution is 2.05. The normalized spacial score (nSPS) is 9.40. The van der Waals surface area contributed by atoms with Gasteiger partial charge >= 0.3 is 0 Å². The first kappa shape index (κ1) is 14.1. The van der Waals surface area contributed by atoms with Gasteiger partial charge in [0.05, 0.1) is 0 Å². The number of carbonyl (C=O) groups is 1. The summed E-state index contributed by atoms with van der Waals surface area (Å²) in [6.45, 7) is 0. The average molecular weight is 228 g/mol. The van der Waals surface area contributed by atoms with Crippen LogP contribution in [0, 0.1) is 0 Å². The summed E-state index contributed by atoms with van der Waals surface area (Å²) in [5.41, 5.74) is 1.38. The minimum atomic E-state index is 0. The van der Waals surface area contributed by atoms with Crippen molar-refractivity contribution in [2.75, 3.05) is 0 Å². The zero-order valence-corrected chi connectivity index (χ0v) is 9.91. The lowest BCUT2D eigenvalue weighted by Gasteiger charge is -1.98. The number of aromatic nitrogens is 1. The Balaban J connectivity index is 0.00000196. The molecule has 1 aromatic heterocycles. The van der Waals surface area contributed by atoms with E-state index in [-0.39, 0.29) is 12.4 Å². The third-order valence-corrected chi connectivity index (χ3v) is 2.29. The molecule has 0 N–H and O–H groups in total. The second-order valence-electron chi connectivity index (χ2n) is 3.64. The summed E-state index contributed by atoms with van der Waals surface area (Å²) in [4.78, 5) is 10.1. The Kier molecular flexibility index (Phi) is 7.92. The lowest BCUT2D eigenvalue weighted by molar-refractivity contribution is -0.671. The van der Waals surface area contributed by atoms with E-state index >= 15 is 0 Å². The molecule has 0 saturated carbocycles. The van der Waals surface area contributed by atoms with Gasteiger partial charge in [-0.05, 0) is 25.3 Å². The molecule has 0 radical (unpaired) electrons. The van der Waals surface area contributed by atoms with Crippen LogP contribution in [-0.4, -0.2) is 6.29 Å². The highest BCUT2D eigenvalue weighted by molar-refractivity contribution is 5.48. The molecule has 0 saturated heterocycles. The van der Waals surface area contributed by atoms with Crippen LogP contribution in [0.1, 0.15) is 31.2 Å². The largest absolute Gasteiger partial charge is 1.00 e. The van der Waals surface area contributed by atoms with Crippen molar-refractivity contribution in [2.24, 2.45) is 7.05 Å². The molecule has 0 aliphatic carbocycles. The first-order valence-corrected chi connectivity index (χ1v) is 5.21. The molecule has 1 heterocycles. The van der Waals surface area contributed by atoms with Crippen molar-refractivity contribution in [2.45, 2.75) is 32.1 Å². The van der Waals surface area contributed by atoms with Gasteiger partial charge in [-0.15, -0.1) is 0 Å². The highest BCUT2D eigenvalue weighted by Gasteiger charge is 1.97. The van der Waals surface area contributed by atoms with Crippen molar-refractivity contribution in [1.82, 2.24) is 0 Å². The summed E-state index contributed by atoms with van der Waals surface area (Å²) < 4.78 is 2.07. The Morgan fingerprint density at radius 3 is 2.80 bits per heavy atom. The lowest BCUT2D eigenvalue weighted by atomic mass is 10.1. The molecule has 84 valence electrons. The SMILES string of the molecule is C[n+]1cccc(CCCCCC=O)c1.[Cl-]. The van der Waals surface area contributed by atoms with Crippen molar-refractivity contribution in [3.8, 4) is 0 Å². The van der Waals surface area contributed by atoms with Gasteiger partial charge in [0.15, 0.2) is 12.4 Å². The van der Waals surface area contributed by atoms with Gasteiger partial charge in [-0.3, -0.25) is 0 Å². The summed E-state index contributed by atoms with van der Waals surface area (Å²) in [5.74, 6) is 0. The number of unbranched alkanes of at least 4 members (excludes halogenated alkanes) is 3. The van der Waals surface area contributed by atoms with Gasteiger partial charge in [0, 0.05) is 18.1 Å². The van der Waals surface area contributed by atoms with Crippen LogP contribution in [0.15, 0.2) is 24.5 Å². The molecular formula is C12H18ClNO. The van der Waals surface area contributed by atoms with E-state index in [0.717, 1.165) is 25.5 Å². The molecule has 0 amide bonds. The summed E-state index contributed by atoms with van der Waals surface area (Å²) in [6, 6.07) is 4.22. The van der Waals surface area contributed by atoms with E-state index in [1.54, 1.807) is 0 Å². The minimum absolute atomic E-state index is 0. The number of rotatable bonds is 6. The van der Waals surface area contributed by atoms with Crippen molar-refractivity contribution in [3.05, 3.63) is 30.1 Å². The maximum Gasteiger partial charge on any atom is 0.171 e. The Morgan fingerprint density at radius 1 is 1.33 bits per heavy atom. The number of hydrogen-bond acceptors (Lipinski definition) is 1. The van der Waals surface area contributed by atoms with Gasteiger partial charge < -0.3 is 17.2 Å². The predicted molar refractivity (Wildman–Crippen MR) is 55.9 cm³/mol. The number of carbonyl (C=O) groups excluding carboxylic acids is 1. The van der Waals surface area contributed by atoms with E-state index in [1.165, 1.54) is 12.0 Å². The molecule has 0 bridgehead atoms. The zero-order valence-electron chi connectivity index (χ0n) is 9.16. The maximum atomic E-state index is 10.1. The van der Waals surface area contributed by atoms with E-state index in [0.29, 0.717) is 6.42 Å². The van der Waals surface area contributed by atoms with E-state index in [4.69, 9.17) is 0 Å². The van der Waals surface area contributed by atoms with Crippen LogP contribution in [0.2, 0.25) is 0 Å². The molecular weight excluding hydrogens is 210 g/mol. The highest BCUT2D eigenvalue weighted by atomic mass is 35.5. The maximum absolute atomic E-state index is 10.1. The van der Waals surface area contributed by atoms with E-state index in [1.807, 2.05) is 13.2 Å². The second kappa shape index (κ2) is 8.42. The number of aryl methyl sites for hydroxylation is 2. The van der Waals surface area contributed by atoms with Crippen molar-refractivity contribution < 1.29 is 21.8 Å². The molecule has 1 aromatic rings. The molecule has 0 aliphatic rings. The van der Waals surface area contributed by atoms with Crippen molar-refractivity contribution in [1.29, 1.82) is 0 Å². The van der Waals surface area contributed by atoms with Crippen LogP contribution in [0.5, 0.6) is 0 Å². The number of nitrogens with zero attached hydrogens (tertiary/aromatic N) is 1. The Morgan fingerprint density at radius 2 is 2.13 bits per heavy atom. The fourth-order valence-electron chi connectivity index (χ4n) is 1.53. The summed E-state index contributed by atoms with van der Waals surface area (Å²) in [6.07, 6.45) is 10.4. The lowest BCUT2D eigenvalue weighted by Crippen LogP contribution is -3.00. The van der Waals surface area contributed by atoms with Crippen LogP contribution in [0.4, 0.5) is 0 Å². The van der Waals surface area contributed by atoms with Crippen LogP contribution >= 0.6 is 0 Å². The third-order valence-electron chi connectivity index (χ3n) is 2.29. The smallest absolute Gasteiger partial charge is 0.171 e. The number of hydrogen-bond donors (Lipinski definition) is 0. The molecule has 0 unspecified atom stereocenters. The average Bonchev–Trinajstić information content (AvgIpc) is 2.18. The van der Waals surface area contributed by atoms with Gasteiger partial charge in [-0.1, -0.05) is 6.42 Å². The fourth-order valence-corrected chi connectivity index (χ4v) is 1.53. The van der Waals surface area contributed by atoms with Crippen molar-refractivity contribution >= 4 is 6.29 Å². The molecule has 0 aromatic carbocycles. The third kappa shape index (κ3) is 6.24. The van der Waals surface area contributed by atoms with Gasteiger partial charge in [0.25, 0.3) is 0 Å². The molecule has 0 aliphatic heterocycles. The fraction of sp³-hybridized carbons (Fsp3) is 0.500. The topological polar surface area (TPSA) is 20.9 Å². The van der Waals surface area contributed by atoms with Crippen LogP contribution in [0.3, 0.4) is 0 Å². The quantitative estimate of drug-likeness (QED) is 0.341. The molecule has 3 heteroatoms. The zero-order chi connectivity index (χ0) is 10.2. The summed E-state index contributed by atoms with van der Waals surface area (Å²) in [7, 11) is 2.04. The number of pyridine rings is 1. The standard InChI is InChI=1S/C12H18NO.ClH/c1-13-9-6-8-12(11-13)7-4-2-3-5-10-14;/h6,8-11H,2-5,7H2,1H3;1H/q+1;/p-1. The second-order valence-corrected chi connectivity index (χ2v) is 3.64. The summed E-state index contributed by atoms with van der Waals surface area (Å²) in [5, 5.41) is 0. The number of halogens is 1. The minimum Gasteiger partial charge on any atom is -1.00 e. The molecule has 0 fully saturated rings. The Hall–Kier alpha value is -0.890. The van der Waals surface area contributed by atoms with Crippen LogP contribution in [-0.2, 0) is 18.3 Å². The van der Waals surface area contributed by atoms with Gasteiger partial charge in [-0.25, -0.2) is 4.57 Å². The predicted octanol–water partition coefficient (Wildman–Crippen LogP) is -1.18. The Bertz CT molecular complexity index is 289. The van der Waals surface area contributed by atoms with Gasteiger partial charge in [-0.2, -0.15) is 0 Å². The van der Waals surface area contributed by atoms with Crippen LogP contribution in [0.25, 0.3) is 0 Å². The molecule has 0 spiro atoms. The molecule has 2 nitrogen and oxygen atoms in total.